The number of amides is 2. The summed E-state index contributed by atoms with van der Waals surface area (Å²) in [4.78, 5) is 42.4. The molecule has 1 aliphatic heterocycles. The van der Waals surface area contributed by atoms with E-state index in [0.717, 1.165) is 31.6 Å². The molecule has 0 aliphatic carbocycles. The van der Waals surface area contributed by atoms with Crippen LogP contribution in [-0.4, -0.2) is 44.0 Å². The number of carbonyl (C=O) groups is 3. The van der Waals surface area contributed by atoms with Gasteiger partial charge in [0.1, 0.15) is 6.54 Å². The van der Waals surface area contributed by atoms with Crippen molar-refractivity contribution in [2.24, 2.45) is 0 Å². The Kier molecular flexibility index (Phi) is 7.60. The van der Waals surface area contributed by atoms with Gasteiger partial charge < -0.3 is 15.1 Å². The molecule has 0 spiro atoms. The van der Waals surface area contributed by atoms with Crippen molar-refractivity contribution in [2.45, 2.75) is 51.6 Å². The van der Waals surface area contributed by atoms with Crippen molar-refractivity contribution >= 4 is 45.3 Å². The van der Waals surface area contributed by atoms with Gasteiger partial charge in [-0.25, -0.2) is 4.79 Å². The average molecular weight is 478 g/mol. The zero-order valence-electron chi connectivity index (χ0n) is 20.7. The van der Waals surface area contributed by atoms with Gasteiger partial charge in [0.05, 0.1) is 0 Å². The first-order chi connectivity index (χ1) is 16.9. The first kappa shape index (κ1) is 24.6. The van der Waals surface area contributed by atoms with Crippen LogP contribution in [0.1, 0.15) is 44.1 Å². The molecule has 1 fully saturated rings. The summed E-state index contributed by atoms with van der Waals surface area (Å²) in [5.74, 6) is -1.43. The minimum absolute atomic E-state index is 0.105. The highest BCUT2D eigenvalue weighted by Crippen LogP contribution is 2.24. The van der Waals surface area contributed by atoms with E-state index in [4.69, 9.17) is 4.84 Å². The largest absolute Gasteiger partial charge is 0.377 e. The predicted molar refractivity (Wildman–Crippen MR) is 134 cm³/mol. The van der Waals surface area contributed by atoms with Crippen LogP contribution in [0.15, 0.2) is 42.5 Å². The predicted octanol–water partition coefficient (Wildman–Crippen LogP) is 3.23. The second-order valence-corrected chi connectivity index (χ2v) is 9.21. The summed E-state index contributed by atoms with van der Waals surface area (Å²) in [6, 6.07) is 15.3. The number of hydroxylamine groups is 2. The number of nitrogens with one attached hydrogen (secondary N) is 1. The zero-order valence-corrected chi connectivity index (χ0v) is 20.7. The number of aryl methyl sites for hydroxylation is 1. The molecular formula is C27H33N4O4+. The number of carbonyl (C=O) groups excluding carboxylic acids is 3. The van der Waals surface area contributed by atoms with Crippen molar-refractivity contribution in [3.8, 4) is 0 Å². The highest BCUT2D eigenvalue weighted by Gasteiger charge is 2.32. The van der Waals surface area contributed by atoms with Gasteiger partial charge in [-0.05, 0) is 49.7 Å². The molecule has 8 nitrogen and oxygen atoms in total. The second kappa shape index (κ2) is 10.8. The van der Waals surface area contributed by atoms with Crippen molar-refractivity contribution < 1.29 is 23.8 Å². The molecular weight excluding hydrogens is 444 g/mol. The van der Waals surface area contributed by atoms with Crippen molar-refractivity contribution in [1.82, 2.24) is 10.4 Å². The Morgan fingerprint density at radius 1 is 0.971 bits per heavy atom. The molecule has 0 radical (unpaired) electrons. The molecule has 2 aromatic carbocycles. The number of rotatable bonds is 10. The number of benzene rings is 2. The van der Waals surface area contributed by atoms with Crippen molar-refractivity contribution in [1.29, 1.82) is 0 Å². The molecule has 4 rings (SSSR count). The Balaban J connectivity index is 1.48. The summed E-state index contributed by atoms with van der Waals surface area (Å²) in [5.41, 5.74) is 4.73. The summed E-state index contributed by atoms with van der Waals surface area (Å²) in [6.07, 6.45) is 2.73. The van der Waals surface area contributed by atoms with E-state index in [1.54, 1.807) is 0 Å². The van der Waals surface area contributed by atoms with Gasteiger partial charge in [-0.2, -0.15) is 4.57 Å². The second-order valence-electron chi connectivity index (χ2n) is 9.21. The van der Waals surface area contributed by atoms with Crippen LogP contribution in [0.3, 0.4) is 0 Å². The Morgan fingerprint density at radius 3 is 2.34 bits per heavy atom. The SMILES string of the molecule is CNCc1ccc2cc3ccc(N(C)C)cc3[n+](CCCCCC(=O)ON3C(=O)CCC3=O)c2c1. The molecule has 0 unspecified atom stereocenters. The summed E-state index contributed by atoms with van der Waals surface area (Å²) in [5, 5.41) is 6.22. The van der Waals surface area contributed by atoms with Gasteiger partial charge in [-0.1, -0.05) is 6.07 Å². The van der Waals surface area contributed by atoms with Gasteiger partial charge in [0.15, 0.2) is 0 Å². The van der Waals surface area contributed by atoms with E-state index in [-0.39, 0.29) is 19.3 Å². The number of aromatic nitrogens is 1. The number of pyridine rings is 1. The number of fused-ring (bicyclic) bond motifs is 2. The molecule has 8 heteroatoms. The van der Waals surface area contributed by atoms with E-state index in [1.165, 1.54) is 27.4 Å². The molecule has 184 valence electrons. The number of imide groups is 1. The fourth-order valence-corrected chi connectivity index (χ4v) is 4.48. The maximum Gasteiger partial charge on any atom is 0.333 e. The van der Waals surface area contributed by atoms with E-state index in [9.17, 15) is 14.4 Å². The van der Waals surface area contributed by atoms with E-state index in [2.05, 4.69) is 57.2 Å². The normalized spacial score (nSPS) is 13.7. The third-order valence-electron chi connectivity index (χ3n) is 6.36. The lowest BCUT2D eigenvalue weighted by Gasteiger charge is -2.14. The van der Waals surface area contributed by atoms with Crippen LogP contribution in [0.4, 0.5) is 5.69 Å². The Morgan fingerprint density at radius 2 is 1.66 bits per heavy atom. The summed E-state index contributed by atoms with van der Waals surface area (Å²) in [7, 11) is 6.03. The van der Waals surface area contributed by atoms with E-state index in [0.29, 0.717) is 11.5 Å². The zero-order chi connectivity index (χ0) is 24.9. The molecule has 1 aliphatic rings. The van der Waals surface area contributed by atoms with E-state index >= 15 is 0 Å². The van der Waals surface area contributed by atoms with Gasteiger partial charge in [-0.15, -0.1) is 5.06 Å². The van der Waals surface area contributed by atoms with Gasteiger partial charge in [0.25, 0.3) is 11.8 Å². The van der Waals surface area contributed by atoms with E-state index in [1.807, 2.05) is 21.1 Å². The standard InChI is InChI=1S/C27H33N4O4/c1-28-18-19-8-9-20-16-21-10-11-22(29(2)3)17-24(21)30(23(20)15-19)14-6-4-5-7-27(34)35-31-25(32)12-13-26(31)33/h8-11,15-17,28H,4-7,12-14,18H2,1-3H3/q+1. The molecule has 2 amide bonds. The number of hydrogen-bond donors (Lipinski definition) is 1. The minimum Gasteiger partial charge on any atom is -0.377 e. The topological polar surface area (TPSA) is 82.8 Å². The molecule has 2 heterocycles. The lowest BCUT2D eigenvalue weighted by Crippen LogP contribution is -2.36. The highest BCUT2D eigenvalue weighted by atomic mass is 16.7. The summed E-state index contributed by atoms with van der Waals surface area (Å²) < 4.78 is 2.37. The van der Waals surface area contributed by atoms with Crippen molar-refractivity contribution in [3.63, 3.8) is 0 Å². The van der Waals surface area contributed by atoms with Gasteiger partial charge in [0, 0.05) is 74.9 Å². The Hall–Kier alpha value is -3.52. The molecule has 3 aromatic rings. The summed E-state index contributed by atoms with van der Waals surface area (Å²) in [6.45, 7) is 1.61. The van der Waals surface area contributed by atoms with Crippen LogP contribution in [0.25, 0.3) is 21.8 Å². The van der Waals surface area contributed by atoms with Crippen LogP contribution in [-0.2, 0) is 32.3 Å². The monoisotopic (exact) mass is 477 g/mol. The number of anilines is 1. The molecule has 35 heavy (non-hydrogen) atoms. The third-order valence-corrected chi connectivity index (χ3v) is 6.36. The number of unbranched alkanes of at least 4 members (excludes halogenated alkanes) is 2. The summed E-state index contributed by atoms with van der Waals surface area (Å²) >= 11 is 0. The van der Waals surface area contributed by atoms with Crippen LogP contribution < -0.4 is 14.8 Å². The fraction of sp³-hybridized carbons (Fsp3) is 0.407. The fourth-order valence-electron chi connectivity index (χ4n) is 4.48. The number of nitrogens with zero attached hydrogens (tertiary/aromatic N) is 3. The van der Waals surface area contributed by atoms with Gasteiger partial charge in [-0.3, -0.25) is 9.59 Å². The lowest BCUT2D eigenvalue weighted by molar-refractivity contribution is -0.645. The minimum atomic E-state index is -0.538. The molecule has 0 atom stereocenters. The maximum absolute atomic E-state index is 12.1. The highest BCUT2D eigenvalue weighted by molar-refractivity contribution is 6.01. The Labute approximate surface area is 205 Å². The third kappa shape index (κ3) is 5.59. The van der Waals surface area contributed by atoms with Crippen molar-refractivity contribution in [3.05, 3.63) is 48.0 Å². The van der Waals surface area contributed by atoms with Gasteiger partial charge >= 0.3 is 5.97 Å². The first-order valence-corrected chi connectivity index (χ1v) is 12.1. The Bertz CT molecular complexity index is 1260. The van der Waals surface area contributed by atoms with Crippen LogP contribution in [0, 0.1) is 0 Å². The first-order valence-electron chi connectivity index (χ1n) is 12.1. The molecule has 1 saturated heterocycles. The van der Waals surface area contributed by atoms with Crippen LogP contribution in [0.2, 0.25) is 0 Å². The van der Waals surface area contributed by atoms with E-state index < -0.39 is 17.8 Å². The molecule has 0 bridgehead atoms. The van der Waals surface area contributed by atoms with Crippen LogP contribution >= 0.6 is 0 Å². The maximum atomic E-state index is 12.1. The lowest BCUT2D eigenvalue weighted by atomic mass is 10.1. The average Bonchev–Trinajstić information content (AvgIpc) is 3.15. The smallest absolute Gasteiger partial charge is 0.333 e. The quantitative estimate of drug-likeness (QED) is 0.209. The van der Waals surface area contributed by atoms with Gasteiger partial charge in [0.2, 0.25) is 11.0 Å². The number of hydrogen-bond acceptors (Lipinski definition) is 6. The van der Waals surface area contributed by atoms with Crippen LogP contribution in [0.5, 0.6) is 0 Å². The molecule has 1 N–H and O–H groups in total. The molecule has 0 saturated carbocycles. The molecule has 1 aromatic heterocycles. The van der Waals surface area contributed by atoms with Crippen molar-refractivity contribution in [2.75, 3.05) is 26.0 Å².